The molecule has 2 fully saturated rings. The van der Waals surface area contributed by atoms with Gasteiger partial charge in [-0.15, -0.1) is 13.2 Å². The molecular formula is C16H17F3O3S. The molecule has 1 aromatic carbocycles. The van der Waals surface area contributed by atoms with Crippen LogP contribution >= 0.6 is 0 Å². The second kappa shape index (κ2) is 6.26. The van der Waals surface area contributed by atoms with Crippen molar-refractivity contribution in [3.05, 3.63) is 29.8 Å². The molecule has 2 heterocycles. The number of carbonyl (C=O) groups excluding carboxylic acids is 1. The lowest BCUT2D eigenvalue weighted by molar-refractivity contribution is -0.274. The van der Waals surface area contributed by atoms with Gasteiger partial charge in [-0.3, -0.25) is 9.00 Å². The van der Waals surface area contributed by atoms with Gasteiger partial charge in [-0.25, -0.2) is 0 Å². The summed E-state index contributed by atoms with van der Waals surface area (Å²) in [7, 11) is -0.791. The van der Waals surface area contributed by atoms with Crippen molar-refractivity contribution in [2.45, 2.75) is 49.0 Å². The average Bonchev–Trinajstić information content (AvgIpc) is 2.70. The molecule has 2 unspecified atom stereocenters. The van der Waals surface area contributed by atoms with Crippen LogP contribution < -0.4 is 4.74 Å². The Bertz CT molecular complexity index is 596. The average molecular weight is 346 g/mol. The minimum absolute atomic E-state index is 0.0729. The zero-order valence-corrected chi connectivity index (χ0v) is 13.2. The summed E-state index contributed by atoms with van der Waals surface area (Å²) in [5.41, 5.74) is 0.670. The van der Waals surface area contributed by atoms with E-state index in [2.05, 4.69) is 4.74 Å². The molecule has 2 aliphatic heterocycles. The highest BCUT2D eigenvalue weighted by molar-refractivity contribution is 7.86. The largest absolute Gasteiger partial charge is 0.573 e. The fourth-order valence-electron chi connectivity index (χ4n) is 3.45. The quantitative estimate of drug-likeness (QED) is 0.839. The van der Waals surface area contributed by atoms with Crippen molar-refractivity contribution in [3.8, 4) is 5.75 Å². The monoisotopic (exact) mass is 346 g/mol. The molecule has 2 aliphatic rings. The first kappa shape index (κ1) is 16.5. The topological polar surface area (TPSA) is 43.4 Å². The number of alkyl halides is 3. The van der Waals surface area contributed by atoms with Crippen LogP contribution in [-0.2, 0) is 22.0 Å². The predicted molar refractivity (Wildman–Crippen MR) is 79.5 cm³/mol. The minimum Gasteiger partial charge on any atom is -0.406 e. The SMILES string of the molecule is O=C(Cc1ccc(OC(F)(F)F)cc1)C1CC2CCC(C1)S2=O. The predicted octanol–water partition coefficient (Wildman–Crippen LogP) is 3.39. The molecule has 3 rings (SSSR count). The normalized spacial score (nSPS) is 30.2. The van der Waals surface area contributed by atoms with E-state index in [1.54, 1.807) is 0 Å². The van der Waals surface area contributed by atoms with Gasteiger partial charge in [0.05, 0.1) is 0 Å². The molecule has 0 aromatic heterocycles. The number of rotatable bonds is 4. The highest BCUT2D eigenvalue weighted by atomic mass is 32.2. The van der Waals surface area contributed by atoms with Gasteiger partial charge in [0.1, 0.15) is 11.5 Å². The Morgan fingerprint density at radius 3 is 2.22 bits per heavy atom. The lowest BCUT2D eigenvalue weighted by Gasteiger charge is -2.26. The van der Waals surface area contributed by atoms with Crippen molar-refractivity contribution in [3.63, 3.8) is 0 Å². The van der Waals surface area contributed by atoms with Gasteiger partial charge in [-0.2, -0.15) is 0 Å². The van der Waals surface area contributed by atoms with Crippen molar-refractivity contribution in [2.24, 2.45) is 5.92 Å². The van der Waals surface area contributed by atoms with Crippen molar-refractivity contribution >= 4 is 16.6 Å². The summed E-state index contributed by atoms with van der Waals surface area (Å²) in [6.07, 6.45) is -1.29. The molecule has 0 aliphatic carbocycles. The number of halogens is 3. The lowest BCUT2D eigenvalue weighted by atomic mass is 9.91. The highest BCUT2D eigenvalue weighted by Crippen LogP contribution is 2.39. The molecule has 0 amide bonds. The van der Waals surface area contributed by atoms with Crippen LogP contribution in [0.3, 0.4) is 0 Å². The van der Waals surface area contributed by atoms with E-state index in [-0.39, 0.29) is 34.4 Å². The van der Waals surface area contributed by atoms with E-state index in [0.717, 1.165) is 12.8 Å². The van der Waals surface area contributed by atoms with Crippen LogP contribution in [-0.4, -0.2) is 26.9 Å². The fourth-order valence-corrected chi connectivity index (χ4v) is 5.58. The molecule has 0 spiro atoms. The number of hydrogen-bond donors (Lipinski definition) is 0. The second-order valence-corrected chi connectivity index (χ2v) is 8.14. The molecule has 3 nitrogen and oxygen atoms in total. The summed E-state index contributed by atoms with van der Waals surface area (Å²) in [4.78, 5) is 12.4. The lowest BCUT2D eigenvalue weighted by Crippen LogP contribution is -2.32. The van der Waals surface area contributed by atoms with Crippen molar-refractivity contribution in [2.75, 3.05) is 0 Å². The van der Waals surface area contributed by atoms with Gasteiger partial charge < -0.3 is 4.74 Å². The van der Waals surface area contributed by atoms with Crippen LogP contribution in [0.25, 0.3) is 0 Å². The standard InChI is InChI=1S/C16H17F3O3S/c17-16(18,19)22-12-3-1-10(2-4-12)7-15(20)11-8-13-5-6-14(9-11)23(13)21/h1-4,11,13-14H,5-9H2. The summed E-state index contributed by atoms with van der Waals surface area (Å²) in [5.74, 6) is -0.279. The third-order valence-corrected chi connectivity index (χ3v) is 6.72. The summed E-state index contributed by atoms with van der Waals surface area (Å²) in [6.45, 7) is 0. The van der Waals surface area contributed by atoms with E-state index in [1.165, 1.54) is 24.3 Å². The number of hydrogen-bond acceptors (Lipinski definition) is 3. The molecule has 1 aromatic rings. The first-order valence-electron chi connectivity index (χ1n) is 7.58. The highest BCUT2D eigenvalue weighted by Gasteiger charge is 2.42. The smallest absolute Gasteiger partial charge is 0.406 e. The minimum atomic E-state index is -4.71. The Morgan fingerprint density at radius 1 is 1.13 bits per heavy atom. The van der Waals surface area contributed by atoms with E-state index in [1.807, 2.05) is 0 Å². The Morgan fingerprint density at radius 2 is 1.70 bits per heavy atom. The molecule has 0 N–H and O–H groups in total. The molecule has 2 saturated heterocycles. The summed E-state index contributed by atoms with van der Waals surface area (Å²) < 4.78 is 52.1. The molecule has 126 valence electrons. The maximum Gasteiger partial charge on any atom is 0.573 e. The maximum atomic E-state index is 12.4. The molecule has 7 heteroatoms. The first-order chi connectivity index (χ1) is 10.8. The van der Waals surface area contributed by atoms with Gasteiger partial charge in [0.15, 0.2) is 0 Å². The fraction of sp³-hybridized carbons (Fsp3) is 0.562. The van der Waals surface area contributed by atoms with Crippen LogP contribution in [0.2, 0.25) is 0 Å². The van der Waals surface area contributed by atoms with Crippen molar-refractivity contribution in [1.29, 1.82) is 0 Å². The first-order valence-corrected chi connectivity index (χ1v) is 8.86. The Hall–Kier alpha value is -1.37. The van der Waals surface area contributed by atoms with Gasteiger partial charge in [0, 0.05) is 33.6 Å². The molecule has 2 bridgehead atoms. The Balaban J connectivity index is 1.59. The van der Waals surface area contributed by atoms with Crippen molar-refractivity contribution in [1.82, 2.24) is 0 Å². The second-order valence-electron chi connectivity index (χ2n) is 6.15. The van der Waals surface area contributed by atoms with Crippen LogP contribution in [0.5, 0.6) is 5.75 Å². The van der Waals surface area contributed by atoms with Gasteiger partial charge in [-0.05, 0) is 43.4 Å². The number of ketones is 1. The van der Waals surface area contributed by atoms with Crippen LogP contribution in [0, 0.1) is 5.92 Å². The zero-order chi connectivity index (χ0) is 16.6. The maximum absolute atomic E-state index is 12.4. The van der Waals surface area contributed by atoms with E-state index < -0.39 is 17.2 Å². The molecular weight excluding hydrogens is 329 g/mol. The third kappa shape index (κ3) is 3.94. The van der Waals surface area contributed by atoms with Gasteiger partial charge in [0.25, 0.3) is 0 Å². The van der Waals surface area contributed by atoms with E-state index >= 15 is 0 Å². The van der Waals surface area contributed by atoms with Crippen LogP contribution in [0.4, 0.5) is 13.2 Å². The molecule has 0 radical (unpaired) electrons. The third-order valence-electron chi connectivity index (χ3n) is 4.55. The molecule has 2 atom stereocenters. The molecule has 0 saturated carbocycles. The van der Waals surface area contributed by atoms with Gasteiger partial charge in [-0.1, -0.05) is 12.1 Å². The van der Waals surface area contributed by atoms with E-state index in [4.69, 9.17) is 0 Å². The Labute approximate surface area is 134 Å². The van der Waals surface area contributed by atoms with Gasteiger partial charge >= 0.3 is 6.36 Å². The summed E-state index contributed by atoms with van der Waals surface area (Å²) in [5, 5.41) is 0.288. The number of Topliss-reactive ketones (excluding diaryl/α,β-unsaturated/α-hetero) is 1. The number of fused-ring (bicyclic) bond motifs is 2. The summed E-state index contributed by atoms with van der Waals surface area (Å²) >= 11 is 0. The van der Waals surface area contributed by atoms with Crippen LogP contribution in [0.15, 0.2) is 24.3 Å². The Kier molecular flexibility index (Phi) is 4.49. The number of carbonyl (C=O) groups is 1. The van der Waals surface area contributed by atoms with Crippen LogP contribution in [0.1, 0.15) is 31.2 Å². The van der Waals surface area contributed by atoms with Gasteiger partial charge in [0.2, 0.25) is 0 Å². The van der Waals surface area contributed by atoms with E-state index in [9.17, 15) is 22.2 Å². The zero-order valence-electron chi connectivity index (χ0n) is 12.3. The molecule has 23 heavy (non-hydrogen) atoms. The number of benzene rings is 1. The van der Waals surface area contributed by atoms with Crippen molar-refractivity contribution < 1.29 is 26.9 Å². The number of ether oxygens (including phenoxy) is 1. The van der Waals surface area contributed by atoms with E-state index in [0.29, 0.717) is 18.4 Å². The summed E-state index contributed by atoms with van der Waals surface area (Å²) in [6, 6.07) is 5.40.